The second kappa shape index (κ2) is 5.74. The number of aliphatic hydroxyl groups is 1. The highest BCUT2D eigenvalue weighted by atomic mass is 32.2. The zero-order valence-electron chi connectivity index (χ0n) is 10.6. The van der Waals surface area contributed by atoms with Crippen LogP contribution in [0, 0.1) is 0 Å². The molecular formula is C11H13F3N2O3S. The normalized spacial score (nSPS) is 24.7. The molecule has 0 spiro atoms. The van der Waals surface area contributed by atoms with E-state index in [-0.39, 0.29) is 5.16 Å². The first kappa shape index (κ1) is 15.3. The van der Waals surface area contributed by atoms with Crippen molar-refractivity contribution in [2.24, 2.45) is 0 Å². The summed E-state index contributed by atoms with van der Waals surface area (Å²) in [7, 11) is 0. The minimum absolute atomic E-state index is 0.236. The summed E-state index contributed by atoms with van der Waals surface area (Å²) in [5, 5.41) is 9.38. The molecule has 0 radical (unpaired) electrons. The molecule has 0 saturated heterocycles. The first-order valence-corrected chi connectivity index (χ1v) is 7.47. The van der Waals surface area contributed by atoms with Crippen LogP contribution in [0.15, 0.2) is 11.4 Å². The highest BCUT2D eigenvalue weighted by Gasteiger charge is 2.39. The fourth-order valence-corrected chi connectivity index (χ4v) is 2.37. The van der Waals surface area contributed by atoms with Gasteiger partial charge in [0.15, 0.2) is 0 Å². The van der Waals surface area contributed by atoms with E-state index in [1.165, 1.54) is 6.26 Å². The molecular weight excluding hydrogens is 297 g/mol. The minimum Gasteiger partial charge on any atom is -0.609 e. The van der Waals surface area contributed by atoms with Crippen molar-refractivity contribution in [3.63, 3.8) is 0 Å². The van der Waals surface area contributed by atoms with Crippen LogP contribution in [0.2, 0.25) is 0 Å². The summed E-state index contributed by atoms with van der Waals surface area (Å²) in [5.41, 5.74) is -1.13. The molecule has 0 aromatic carbocycles. The van der Waals surface area contributed by atoms with Gasteiger partial charge in [-0.25, -0.2) is 0 Å². The molecule has 1 saturated carbocycles. The lowest BCUT2D eigenvalue weighted by atomic mass is 10.2. The van der Waals surface area contributed by atoms with Gasteiger partial charge >= 0.3 is 11.3 Å². The molecule has 1 aromatic heterocycles. The number of halogens is 3. The van der Waals surface area contributed by atoms with Gasteiger partial charge in [-0.1, -0.05) is 0 Å². The third-order valence-electron chi connectivity index (χ3n) is 2.97. The number of hydrogen-bond acceptors (Lipinski definition) is 5. The quantitative estimate of drug-likeness (QED) is 0.676. The summed E-state index contributed by atoms with van der Waals surface area (Å²) in [6, 6.07) is 0. The van der Waals surface area contributed by atoms with Crippen molar-refractivity contribution in [3.05, 3.63) is 11.8 Å². The van der Waals surface area contributed by atoms with Crippen LogP contribution in [-0.2, 0) is 17.4 Å². The van der Waals surface area contributed by atoms with Crippen LogP contribution in [0.4, 0.5) is 13.2 Å². The number of alkyl halides is 3. The van der Waals surface area contributed by atoms with Crippen LogP contribution in [-0.4, -0.2) is 38.1 Å². The van der Waals surface area contributed by atoms with E-state index in [0.717, 1.165) is 0 Å². The van der Waals surface area contributed by atoms with Gasteiger partial charge in [0.2, 0.25) is 5.88 Å². The Kier molecular flexibility index (Phi) is 4.40. The molecule has 2 unspecified atom stereocenters. The van der Waals surface area contributed by atoms with Gasteiger partial charge in [0.1, 0.15) is 17.9 Å². The van der Waals surface area contributed by atoms with Gasteiger partial charge < -0.3 is 14.4 Å². The smallest absolute Gasteiger partial charge is 0.423 e. The maximum absolute atomic E-state index is 12.9. The summed E-state index contributed by atoms with van der Waals surface area (Å²) in [5.74, 6) is -0.677. The van der Waals surface area contributed by atoms with Crippen LogP contribution in [0.5, 0.6) is 5.88 Å². The molecule has 112 valence electrons. The number of rotatable bonds is 3. The molecule has 3 atom stereocenters. The Morgan fingerprint density at radius 2 is 2.15 bits per heavy atom. The lowest BCUT2D eigenvalue weighted by molar-refractivity contribution is -0.140. The molecule has 20 heavy (non-hydrogen) atoms. The number of ether oxygens (including phenoxy) is 1. The topological polar surface area (TPSA) is 78.3 Å². The highest BCUT2D eigenvalue weighted by molar-refractivity contribution is 7.90. The Morgan fingerprint density at radius 1 is 1.45 bits per heavy atom. The predicted octanol–water partition coefficient (Wildman–Crippen LogP) is 1.53. The van der Waals surface area contributed by atoms with Crippen LogP contribution in [0.1, 0.15) is 24.8 Å². The van der Waals surface area contributed by atoms with E-state index in [9.17, 15) is 22.8 Å². The van der Waals surface area contributed by atoms with E-state index in [2.05, 4.69) is 9.97 Å². The highest BCUT2D eigenvalue weighted by Crippen LogP contribution is 2.36. The van der Waals surface area contributed by atoms with E-state index >= 15 is 0 Å². The summed E-state index contributed by atoms with van der Waals surface area (Å²) in [6.45, 7) is 0. The molecule has 5 nitrogen and oxygen atoms in total. The molecule has 9 heteroatoms. The number of aliphatic hydroxyl groups excluding tert-OH is 1. The average molecular weight is 310 g/mol. The number of hydrogen-bond donors (Lipinski definition) is 1. The van der Waals surface area contributed by atoms with E-state index in [0.29, 0.717) is 25.5 Å². The third kappa shape index (κ3) is 3.33. The van der Waals surface area contributed by atoms with E-state index in [4.69, 9.17) is 4.74 Å². The standard InChI is InChI=1S/C11H13F3N2O3S/c1-20(18)10-15-5-6(11(12,13)14)9(16-10)19-8-4-2-3-7(8)17/h5,7-8,17H,2-4H2,1H3/t7?,8-,20?/m0/s1. The first-order valence-electron chi connectivity index (χ1n) is 5.91. The van der Waals surface area contributed by atoms with Crippen LogP contribution >= 0.6 is 0 Å². The SMILES string of the molecule is C[S+]([O-])c1ncc(C(F)(F)F)c(O[C@H]2CCCC2O)n1. The van der Waals surface area contributed by atoms with E-state index in [1.54, 1.807) is 0 Å². The summed E-state index contributed by atoms with van der Waals surface area (Å²) in [6.07, 6.45) is -2.81. The van der Waals surface area contributed by atoms with Crippen molar-refractivity contribution in [1.82, 2.24) is 9.97 Å². The monoisotopic (exact) mass is 310 g/mol. The van der Waals surface area contributed by atoms with Crippen molar-refractivity contribution in [1.29, 1.82) is 0 Å². The lowest BCUT2D eigenvalue weighted by Crippen LogP contribution is -2.27. The molecule has 1 fully saturated rings. The Balaban J connectivity index is 2.33. The zero-order chi connectivity index (χ0) is 14.9. The third-order valence-corrected chi connectivity index (χ3v) is 3.69. The molecule has 1 aliphatic carbocycles. The summed E-state index contributed by atoms with van der Waals surface area (Å²) >= 11 is -1.62. The molecule has 1 N–H and O–H groups in total. The lowest BCUT2D eigenvalue weighted by Gasteiger charge is -2.19. The minimum atomic E-state index is -4.67. The molecule has 1 aromatic rings. The van der Waals surface area contributed by atoms with Crippen molar-refractivity contribution in [3.8, 4) is 5.88 Å². The van der Waals surface area contributed by atoms with Crippen molar-refractivity contribution < 1.29 is 27.6 Å². The number of aromatic nitrogens is 2. The van der Waals surface area contributed by atoms with Gasteiger partial charge in [-0.2, -0.15) is 18.2 Å². The average Bonchev–Trinajstić information content (AvgIpc) is 2.73. The molecule has 2 rings (SSSR count). The van der Waals surface area contributed by atoms with Crippen LogP contribution in [0.3, 0.4) is 0 Å². The van der Waals surface area contributed by atoms with Gasteiger partial charge in [-0.3, -0.25) is 0 Å². The van der Waals surface area contributed by atoms with Crippen molar-refractivity contribution >= 4 is 11.2 Å². The van der Waals surface area contributed by atoms with E-state index < -0.39 is 41.0 Å². The largest absolute Gasteiger partial charge is 0.609 e. The fourth-order valence-electron chi connectivity index (χ4n) is 1.96. The maximum Gasteiger partial charge on any atom is 0.423 e. The predicted molar refractivity (Wildman–Crippen MR) is 63.6 cm³/mol. The molecule has 0 aliphatic heterocycles. The Hall–Kier alpha value is -1.06. The second-order valence-corrected chi connectivity index (χ2v) is 5.75. The second-order valence-electron chi connectivity index (χ2n) is 4.48. The number of nitrogens with zero attached hydrogens (tertiary/aromatic N) is 2. The van der Waals surface area contributed by atoms with Crippen molar-refractivity contribution in [2.75, 3.05) is 6.26 Å². The van der Waals surface area contributed by atoms with Crippen LogP contribution in [0.25, 0.3) is 0 Å². The van der Waals surface area contributed by atoms with Crippen LogP contribution < -0.4 is 4.74 Å². The summed E-state index contributed by atoms with van der Waals surface area (Å²) < 4.78 is 55.0. The van der Waals surface area contributed by atoms with Gasteiger partial charge in [-0.05, 0) is 19.3 Å². The van der Waals surface area contributed by atoms with Gasteiger partial charge in [0.05, 0.1) is 12.3 Å². The molecule has 1 heterocycles. The summed E-state index contributed by atoms with van der Waals surface area (Å²) in [4.78, 5) is 7.00. The molecule has 0 amide bonds. The Labute approximate surface area is 116 Å². The fraction of sp³-hybridized carbons (Fsp3) is 0.636. The molecule has 1 aliphatic rings. The Bertz CT molecular complexity index is 484. The van der Waals surface area contributed by atoms with E-state index in [1.807, 2.05) is 0 Å². The zero-order valence-corrected chi connectivity index (χ0v) is 11.4. The Morgan fingerprint density at radius 3 is 2.65 bits per heavy atom. The van der Waals surface area contributed by atoms with Gasteiger partial charge in [0, 0.05) is 11.2 Å². The van der Waals surface area contributed by atoms with Gasteiger partial charge in [-0.15, -0.1) is 4.98 Å². The maximum atomic E-state index is 12.9. The van der Waals surface area contributed by atoms with Gasteiger partial charge in [0.25, 0.3) is 0 Å². The first-order chi connectivity index (χ1) is 9.29. The van der Waals surface area contributed by atoms with Crippen molar-refractivity contribution in [2.45, 2.75) is 42.8 Å². The molecule has 0 bridgehead atoms.